The molecule has 33 heavy (non-hydrogen) atoms. The van der Waals surface area contributed by atoms with Crippen molar-refractivity contribution in [2.24, 2.45) is 0 Å². The highest BCUT2D eigenvalue weighted by molar-refractivity contribution is 5.69. The molecule has 0 saturated heterocycles. The molecule has 3 N–H and O–H groups in total. The number of phenols is 1. The van der Waals surface area contributed by atoms with Crippen LogP contribution in [0.4, 0.5) is 17.1 Å². The molecule has 2 rings (SSSR count). The largest absolute Gasteiger partial charge is 0.506 e. The lowest BCUT2D eigenvalue weighted by Gasteiger charge is -2.11. The summed E-state index contributed by atoms with van der Waals surface area (Å²) >= 11 is 0. The van der Waals surface area contributed by atoms with Gasteiger partial charge in [0.25, 0.3) is 0 Å². The molecular formula is C30H48N2O. The van der Waals surface area contributed by atoms with E-state index in [0.29, 0.717) is 0 Å². The van der Waals surface area contributed by atoms with E-state index in [1.807, 2.05) is 42.5 Å². The average Bonchev–Trinajstić information content (AvgIpc) is 2.83. The molecule has 184 valence electrons. The predicted octanol–water partition coefficient (Wildman–Crippen LogP) is 9.81. The van der Waals surface area contributed by atoms with Crippen molar-refractivity contribution in [2.75, 3.05) is 17.2 Å². The number of phenolic OH excluding ortho intramolecular Hbond substituents is 1. The number of aromatic hydroxyl groups is 1. The first-order valence-corrected chi connectivity index (χ1v) is 13.7. The van der Waals surface area contributed by atoms with Crippen molar-refractivity contribution in [3.63, 3.8) is 0 Å². The molecule has 0 fully saturated rings. The first-order chi connectivity index (χ1) is 16.3. The van der Waals surface area contributed by atoms with E-state index in [1.165, 1.54) is 103 Å². The molecule has 2 aromatic carbocycles. The summed E-state index contributed by atoms with van der Waals surface area (Å²) in [6, 6.07) is 15.7. The Morgan fingerprint density at radius 2 is 1.09 bits per heavy atom. The van der Waals surface area contributed by atoms with E-state index in [1.54, 1.807) is 6.07 Å². The van der Waals surface area contributed by atoms with E-state index in [0.717, 1.165) is 23.6 Å². The van der Waals surface area contributed by atoms with E-state index in [4.69, 9.17) is 0 Å². The smallest absolute Gasteiger partial charge is 0.141 e. The standard InChI is InChI=1S/C30H48N2O/c1-2-3-4-5-6-7-8-9-10-11-12-13-14-15-16-20-25-31-28-23-24-29(30(33)26-28)32-27-21-18-17-19-22-27/h17-19,21-24,26,31-33H,2-16,20,25H2,1H3. The minimum absolute atomic E-state index is 0.274. The van der Waals surface area contributed by atoms with Crippen LogP contribution in [0.15, 0.2) is 48.5 Å². The average molecular weight is 453 g/mol. The fourth-order valence-electron chi connectivity index (χ4n) is 4.33. The van der Waals surface area contributed by atoms with Crippen molar-refractivity contribution in [3.8, 4) is 5.75 Å². The van der Waals surface area contributed by atoms with Gasteiger partial charge in [-0.2, -0.15) is 0 Å². The maximum atomic E-state index is 10.3. The van der Waals surface area contributed by atoms with Gasteiger partial charge in [0.05, 0.1) is 5.69 Å². The Morgan fingerprint density at radius 3 is 1.61 bits per heavy atom. The normalized spacial score (nSPS) is 10.9. The monoisotopic (exact) mass is 452 g/mol. The molecule has 0 radical (unpaired) electrons. The van der Waals surface area contributed by atoms with Crippen LogP contribution in [0, 0.1) is 0 Å². The van der Waals surface area contributed by atoms with Crippen molar-refractivity contribution >= 4 is 17.1 Å². The number of anilines is 3. The van der Waals surface area contributed by atoms with Crippen LogP contribution in [-0.2, 0) is 0 Å². The number of nitrogens with one attached hydrogen (secondary N) is 2. The highest BCUT2D eigenvalue weighted by Gasteiger charge is 2.03. The molecule has 0 amide bonds. The van der Waals surface area contributed by atoms with Crippen LogP contribution in [0.3, 0.4) is 0 Å². The van der Waals surface area contributed by atoms with Gasteiger partial charge in [0.1, 0.15) is 5.75 Å². The van der Waals surface area contributed by atoms with E-state index < -0.39 is 0 Å². The molecule has 0 unspecified atom stereocenters. The van der Waals surface area contributed by atoms with Gasteiger partial charge in [-0.05, 0) is 30.7 Å². The topological polar surface area (TPSA) is 44.3 Å². The molecule has 0 aliphatic carbocycles. The van der Waals surface area contributed by atoms with Crippen LogP contribution in [0.25, 0.3) is 0 Å². The Labute approximate surface area is 203 Å². The number of unbranched alkanes of at least 4 members (excludes halogenated alkanes) is 15. The van der Waals surface area contributed by atoms with E-state index in [-0.39, 0.29) is 5.75 Å². The number of para-hydroxylation sites is 1. The number of hydrogen-bond acceptors (Lipinski definition) is 3. The molecule has 0 aliphatic heterocycles. The molecule has 2 aromatic rings. The maximum absolute atomic E-state index is 10.3. The third-order valence-electron chi connectivity index (χ3n) is 6.41. The molecule has 0 aromatic heterocycles. The summed E-state index contributed by atoms with van der Waals surface area (Å²) < 4.78 is 0. The summed E-state index contributed by atoms with van der Waals surface area (Å²) in [5.74, 6) is 0.274. The Hall–Kier alpha value is -2.16. The van der Waals surface area contributed by atoms with Crippen molar-refractivity contribution in [1.82, 2.24) is 0 Å². The van der Waals surface area contributed by atoms with Crippen LogP contribution < -0.4 is 10.6 Å². The summed E-state index contributed by atoms with van der Waals surface area (Å²) in [6.45, 7) is 3.25. The summed E-state index contributed by atoms with van der Waals surface area (Å²) in [6.07, 6.45) is 22.3. The van der Waals surface area contributed by atoms with E-state index >= 15 is 0 Å². The molecule has 0 bridgehead atoms. The van der Waals surface area contributed by atoms with Crippen LogP contribution in [0.5, 0.6) is 5.75 Å². The third-order valence-corrected chi connectivity index (χ3v) is 6.41. The fraction of sp³-hybridized carbons (Fsp3) is 0.600. The first kappa shape index (κ1) is 27.1. The van der Waals surface area contributed by atoms with Gasteiger partial charge >= 0.3 is 0 Å². The highest BCUT2D eigenvalue weighted by atomic mass is 16.3. The second-order valence-electron chi connectivity index (χ2n) is 9.45. The van der Waals surface area contributed by atoms with Crippen molar-refractivity contribution in [3.05, 3.63) is 48.5 Å². The fourth-order valence-corrected chi connectivity index (χ4v) is 4.33. The Bertz CT molecular complexity index is 716. The van der Waals surface area contributed by atoms with Crippen molar-refractivity contribution in [2.45, 2.75) is 110 Å². The minimum atomic E-state index is 0.274. The van der Waals surface area contributed by atoms with Crippen LogP contribution in [0.2, 0.25) is 0 Å². The molecule has 0 aliphatic rings. The molecule has 0 saturated carbocycles. The van der Waals surface area contributed by atoms with Gasteiger partial charge in [-0.3, -0.25) is 0 Å². The summed E-state index contributed by atoms with van der Waals surface area (Å²) in [5.41, 5.74) is 2.68. The second kappa shape index (κ2) is 18.3. The van der Waals surface area contributed by atoms with Gasteiger partial charge < -0.3 is 15.7 Å². The van der Waals surface area contributed by atoms with Gasteiger partial charge in [0, 0.05) is 24.0 Å². The van der Waals surface area contributed by atoms with Crippen molar-refractivity contribution < 1.29 is 5.11 Å². The minimum Gasteiger partial charge on any atom is -0.506 e. The van der Waals surface area contributed by atoms with Gasteiger partial charge in [-0.1, -0.05) is 121 Å². The van der Waals surface area contributed by atoms with Gasteiger partial charge in [-0.15, -0.1) is 0 Å². The zero-order valence-corrected chi connectivity index (χ0v) is 21.1. The number of hydrogen-bond donors (Lipinski definition) is 3. The summed E-state index contributed by atoms with van der Waals surface area (Å²) in [7, 11) is 0. The Morgan fingerprint density at radius 1 is 0.576 bits per heavy atom. The summed E-state index contributed by atoms with van der Waals surface area (Å²) in [5, 5.41) is 17.0. The van der Waals surface area contributed by atoms with E-state index in [2.05, 4.69) is 17.6 Å². The molecule has 0 atom stereocenters. The zero-order chi connectivity index (χ0) is 23.4. The molecule has 0 spiro atoms. The second-order valence-corrected chi connectivity index (χ2v) is 9.45. The summed E-state index contributed by atoms with van der Waals surface area (Å²) in [4.78, 5) is 0. The predicted molar refractivity (Wildman–Crippen MR) is 146 cm³/mol. The molecule has 0 heterocycles. The Balaban J connectivity index is 1.39. The van der Waals surface area contributed by atoms with Crippen LogP contribution in [-0.4, -0.2) is 11.7 Å². The number of benzene rings is 2. The number of rotatable bonds is 20. The van der Waals surface area contributed by atoms with Crippen molar-refractivity contribution in [1.29, 1.82) is 0 Å². The molecular weight excluding hydrogens is 404 g/mol. The van der Waals surface area contributed by atoms with Crippen LogP contribution >= 0.6 is 0 Å². The van der Waals surface area contributed by atoms with E-state index in [9.17, 15) is 5.11 Å². The Kier molecular flexibility index (Phi) is 15.0. The van der Waals surface area contributed by atoms with Gasteiger partial charge in [0.2, 0.25) is 0 Å². The maximum Gasteiger partial charge on any atom is 0.141 e. The quantitative estimate of drug-likeness (QED) is 0.138. The lowest BCUT2D eigenvalue weighted by atomic mass is 10.0. The zero-order valence-electron chi connectivity index (χ0n) is 21.1. The molecule has 3 heteroatoms. The lowest BCUT2D eigenvalue weighted by molar-refractivity contribution is 0.478. The van der Waals surface area contributed by atoms with Gasteiger partial charge in [0.15, 0.2) is 0 Å². The molecule has 3 nitrogen and oxygen atoms in total. The highest BCUT2D eigenvalue weighted by Crippen LogP contribution is 2.29. The van der Waals surface area contributed by atoms with Crippen LogP contribution in [0.1, 0.15) is 110 Å². The van der Waals surface area contributed by atoms with Gasteiger partial charge in [-0.25, -0.2) is 0 Å². The SMILES string of the molecule is CCCCCCCCCCCCCCCCCCNc1ccc(Nc2ccccc2)c(O)c1. The third kappa shape index (κ3) is 13.2. The lowest BCUT2D eigenvalue weighted by Crippen LogP contribution is -2.01. The first-order valence-electron chi connectivity index (χ1n) is 13.7.